The lowest BCUT2D eigenvalue weighted by Gasteiger charge is -2.29. The summed E-state index contributed by atoms with van der Waals surface area (Å²) in [7, 11) is 0. The first kappa shape index (κ1) is 19.4. The highest BCUT2D eigenvalue weighted by Gasteiger charge is 2.24. The molecule has 2 atom stereocenters. The van der Waals surface area contributed by atoms with E-state index in [9.17, 15) is 4.79 Å². The standard InChI is InChI=1S/C17H23NO3.C2H6/c1-13(18-12-15-6-4-3-5-7-15)10-17-11-16(8-9-20-17)21-14(2)19;1-2/h3-7,16-17H,8-12H2,1-2H3;1-2H3. The molecule has 0 amide bonds. The van der Waals surface area contributed by atoms with Crippen LogP contribution in [0.3, 0.4) is 0 Å². The molecule has 128 valence electrons. The largest absolute Gasteiger partial charge is 0.462 e. The van der Waals surface area contributed by atoms with E-state index in [4.69, 9.17) is 9.47 Å². The fraction of sp³-hybridized carbons (Fsp3) is 0.579. The van der Waals surface area contributed by atoms with Gasteiger partial charge in [0.15, 0.2) is 0 Å². The second-order valence-electron chi connectivity index (χ2n) is 5.49. The van der Waals surface area contributed by atoms with E-state index in [0.717, 1.165) is 25.0 Å². The molecule has 1 aromatic rings. The third kappa shape index (κ3) is 7.93. The second kappa shape index (κ2) is 10.9. The van der Waals surface area contributed by atoms with Crippen LogP contribution in [0.5, 0.6) is 0 Å². The topological polar surface area (TPSA) is 47.9 Å². The van der Waals surface area contributed by atoms with Crippen molar-refractivity contribution in [2.45, 2.75) is 65.7 Å². The van der Waals surface area contributed by atoms with Gasteiger partial charge in [0.05, 0.1) is 19.3 Å². The van der Waals surface area contributed by atoms with Gasteiger partial charge >= 0.3 is 5.97 Å². The van der Waals surface area contributed by atoms with E-state index in [0.29, 0.717) is 13.2 Å². The van der Waals surface area contributed by atoms with Crippen molar-refractivity contribution in [3.05, 3.63) is 35.9 Å². The van der Waals surface area contributed by atoms with Crippen molar-refractivity contribution in [2.75, 3.05) is 6.61 Å². The third-order valence-corrected chi connectivity index (χ3v) is 3.55. The summed E-state index contributed by atoms with van der Waals surface area (Å²) in [5.74, 6) is -0.213. The summed E-state index contributed by atoms with van der Waals surface area (Å²) in [5, 5.41) is 0. The van der Waals surface area contributed by atoms with Gasteiger partial charge in [-0.05, 0) is 12.5 Å². The Morgan fingerprint density at radius 1 is 1.26 bits per heavy atom. The predicted octanol–water partition coefficient (Wildman–Crippen LogP) is 4.17. The molecule has 2 rings (SSSR count). The van der Waals surface area contributed by atoms with Crippen LogP contribution in [0.4, 0.5) is 0 Å². The van der Waals surface area contributed by atoms with Crippen LogP contribution < -0.4 is 0 Å². The summed E-state index contributed by atoms with van der Waals surface area (Å²) in [4.78, 5) is 15.6. The van der Waals surface area contributed by atoms with Crippen LogP contribution in [-0.2, 0) is 20.8 Å². The lowest BCUT2D eigenvalue weighted by atomic mass is 10.0. The van der Waals surface area contributed by atoms with E-state index in [2.05, 4.69) is 17.1 Å². The van der Waals surface area contributed by atoms with Crippen molar-refractivity contribution in [1.82, 2.24) is 0 Å². The molecule has 1 heterocycles. The van der Waals surface area contributed by atoms with Crippen LogP contribution in [0.1, 0.15) is 52.5 Å². The fourth-order valence-electron chi connectivity index (χ4n) is 2.53. The lowest BCUT2D eigenvalue weighted by molar-refractivity contribution is -0.153. The quantitative estimate of drug-likeness (QED) is 0.604. The molecule has 0 aliphatic carbocycles. The van der Waals surface area contributed by atoms with Gasteiger partial charge in [-0.15, -0.1) is 0 Å². The lowest BCUT2D eigenvalue weighted by Crippen LogP contribution is -2.33. The summed E-state index contributed by atoms with van der Waals surface area (Å²) >= 11 is 0. The summed E-state index contributed by atoms with van der Waals surface area (Å²) < 4.78 is 11.0. The van der Waals surface area contributed by atoms with Crippen LogP contribution in [-0.4, -0.2) is 30.5 Å². The highest BCUT2D eigenvalue weighted by atomic mass is 16.6. The normalized spacial score (nSPS) is 21.1. The van der Waals surface area contributed by atoms with Crippen molar-refractivity contribution in [3.8, 4) is 0 Å². The minimum Gasteiger partial charge on any atom is -0.462 e. The van der Waals surface area contributed by atoms with Crippen LogP contribution in [0.15, 0.2) is 35.3 Å². The van der Waals surface area contributed by atoms with Gasteiger partial charge in [0, 0.05) is 31.9 Å². The molecule has 1 aromatic carbocycles. The molecule has 1 aliphatic rings. The minimum atomic E-state index is -0.213. The number of esters is 1. The van der Waals surface area contributed by atoms with Crippen molar-refractivity contribution in [2.24, 2.45) is 4.99 Å². The van der Waals surface area contributed by atoms with E-state index in [1.165, 1.54) is 12.5 Å². The Morgan fingerprint density at radius 2 is 1.96 bits per heavy atom. The van der Waals surface area contributed by atoms with Crippen LogP contribution in [0.25, 0.3) is 0 Å². The average Bonchev–Trinajstić information content (AvgIpc) is 2.55. The molecule has 0 N–H and O–H groups in total. The first-order valence-corrected chi connectivity index (χ1v) is 8.46. The van der Waals surface area contributed by atoms with Gasteiger partial charge in [-0.1, -0.05) is 44.2 Å². The SMILES string of the molecule is CC.CC(=O)OC1CCOC(CC(C)=NCc2ccccc2)C1. The van der Waals surface area contributed by atoms with E-state index >= 15 is 0 Å². The molecule has 23 heavy (non-hydrogen) atoms. The highest BCUT2D eigenvalue weighted by molar-refractivity contribution is 5.82. The third-order valence-electron chi connectivity index (χ3n) is 3.55. The van der Waals surface area contributed by atoms with Crippen LogP contribution in [0, 0.1) is 0 Å². The number of hydrogen-bond donors (Lipinski definition) is 0. The zero-order chi connectivity index (χ0) is 17.1. The average molecular weight is 319 g/mol. The fourth-order valence-corrected chi connectivity index (χ4v) is 2.53. The number of hydrogen-bond acceptors (Lipinski definition) is 4. The van der Waals surface area contributed by atoms with E-state index in [1.54, 1.807) is 0 Å². The maximum atomic E-state index is 11.0. The number of carbonyl (C=O) groups excluding carboxylic acids is 1. The number of carbonyl (C=O) groups is 1. The minimum absolute atomic E-state index is 0.0110. The van der Waals surface area contributed by atoms with E-state index < -0.39 is 0 Å². The van der Waals surface area contributed by atoms with Crippen molar-refractivity contribution >= 4 is 11.7 Å². The molecule has 0 aromatic heterocycles. The molecule has 2 unspecified atom stereocenters. The smallest absolute Gasteiger partial charge is 0.302 e. The number of benzene rings is 1. The second-order valence-corrected chi connectivity index (χ2v) is 5.49. The number of nitrogens with zero attached hydrogens (tertiary/aromatic N) is 1. The van der Waals surface area contributed by atoms with Gasteiger partial charge in [-0.2, -0.15) is 0 Å². The Labute approximate surface area is 139 Å². The number of ether oxygens (including phenoxy) is 2. The summed E-state index contributed by atoms with van der Waals surface area (Å²) in [6, 6.07) is 10.2. The molecule has 1 fully saturated rings. The summed E-state index contributed by atoms with van der Waals surface area (Å²) in [5.41, 5.74) is 2.28. The number of aliphatic imine (C=N–C) groups is 1. The Hall–Kier alpha value is -1.68. The van der Waals surface area contributed by atoms with Crippen molar-refractivity contribution in [1.29, 1.82) is 0 Å². The maximum absolute atomic E-state index is 11.0. The summed E-state index contributed by atoms with van der Waals surface area (Å²) in [6.45, 7) is 8.83. The van der Waals surface area contributed by atoms with Crippen LogP contribution in [0.2, 0.25) is 0 Å². The molecule has 0 spiro atoms. The van der Waals surface area contributed by atoms with Gasteiger partial charge in [0.1, 0.15) is 6.10 Å². The van der Waals surface area contributed by atoms with Gasteiger partial charge in [-0.3, -0.25) is 9.79 Å². The van der Waals surface area contributed by atoms with E-state index in [1.807, 2.05) is 39.0 Å². The van der Waals surface area contributed by atoms with Crippen molar-refractivity contribution in [3.63, 3.8) is 0 Å². The molecule has 0 saturated carbocycles. The monoisotopic (exact) mass is 319 g/mol. The molecular formula is C19H29NO3. The van der Waals surface area contributed by atoms with Gasteiger partial charge in [0.25, 0.3) is 0 Å². The molecule has 1 saturated heterocycles. The Kier molecular flexibility index (Phi) is 9.22. The molecular weight excluding hydrogens is 290 g/mol. The van der Waals surface area contributed by atoms with E-state index in [-0.39, 0.29) is 18.2 Å². The van der Waals surface area contributed by atoms with Gasteiger partial charge in [0.2, 0.25) is 0 Å². The molecule has 0 bridgehead atoms. The Balaban J connectivity index is 0.00000127. The van der Waals surface area contributed by atoms with Crippen LogP contribution >= 0.6 is 0 Å². The zero-order valence-corrected chi connectivity index (χ0v) is 14.7. The zero-order valence-electron chi connectivity index (χ0n) is 14.7. The Morgan fingerprint density at radius 3 is 2.61 bits per heavy atom. The first-order chi connectivity index (χ1) is 11.1. The predicted molar refractivity (Wildman–Crippen MR) is 93.7 cm³/mol. The number of rotatable bonds is 5. The van der Waals surface area contributed by atoms with Gasteiger partial charge < -0.3 is 9.47 Å². The molecule has 0 radical (unpaired) electrons. The summed E-state index contributed by atoms with van der Waals surface area (Å²) in [6.07, 6.45) is 2.43. The molecule has 1 aliphatic heterocycles. The maximum Gasteiger partial charge on any atom is 0.302 e. The molecule has 4 heteroatoms. The molecule has 4 nitrogen and oxygen atoms in total. The highest BCUT2D eigenvalue weighted by Crippen LogP contribution is 2.20. The van der Waals surface area contributed by atoms with Gasteiger partial charge in [-0.25, -0.2) is 0 Å². The van der Waals surface area contributed by atoms with Crippen molar-refractivity contribution < 1.29 is 14.3 Å². The Bertz CT molecular complexity index is 485. The first-order valence-electron chi connectivity index (χ1n) is 8.46.